The van der Waals surface area contributed by atoms with Crippen molar-refractivity contribution in [2.75, 3.05) is 14.1 Å². The molecule has 0 rings (SSSR count). The maximum Gasteiger partial charge on any atom is 0.288 e. The van der Waals surface area contributed by atoms with Gasteiger partial charge in [-0.2, -0.15) is 0 Å². The van der Waals surface area contributed by atoms with Gasteiger partial charge in [0, 0.05) is 6.92 Å². The highest BCUT2D eigenvalue weighted by Crippen LogP contribution is 1.73. The summed E-state index contributed by atoms with van der Waals surface area (Å²) >= 11 is 0. The molecule has 2 nitrogen and oxygen atoms in total. The van der Waals surface area contributed by atoms with Crippen LogP contribution in [0.3, 0.4) is 0 Å². The third kappa shape index (κ3) is 2.80. The molecule has 0 amide bonds. The largest absolute Gasteiger partial charge is 0.288 e. The fourth-order valence-electron chi connectivity index (χ4n) is 0.424. The van der Waals surface area contributed by atoms with Crippen molar-refractivity contribution in [3.8, 4) is 0 Å². The first-order chi connectivity index (χ1) is 4.22. The minimum atomic E-state index is 0.981. The number of hydrogen-bond donors (Lipinski definition) is 0. The van der Waals surface area contributed by atoms with E-state index in [1.807, 2.05) is 24.8 Å². The van der Waals surface area contributed by atoms with Crippen molar-refractivity contribution >= 4 is 12.1 Å². The summed E-state index contributed by atoms with van der Waals surface area (Å²) < 4.78 is 1.91. The van der Waals surface area contributed by atoms with Gasteiger partial charge < -0.3 is 0 Å². The van der Waals surface area contributed by atoms with Crippen molar-refractivity contribution in [2.24, 2.45) is 4.99 Å². The van der Waals surface area contributed by atoms with E-state index in [0.717, 1.165) is 5.84 Å². The summed E-state index contributed by atoms with van der Waals surface area (Å²) in [5, 5.41) is 0. The van der Waals surface area contributed by atoms with Crippen molar-refractivity contribution in [2.45, 2.75) is 6.92 Å². The second-order valence-corrected chi connectivity index (χ2v) is 1.77. The van der Waals surface area contributed by atoms with Gasteiger partial charge >= 0.3 is 0 Å². The number of rotatable bonds is 1. The highest BCUT2D eigenvalue weighted by Gasteiger charge is 1.95. The lowest BCUT2D eigenvalue weighted by molar-refractivity contribution is -0.365. The number of nitrogens with zero attached hydrogens (tertiary/aromatic N) is 2. The molecule has 0 atom stereocenters. The Balaban J connectivity index is 4.19. The van der Waals surface area contributed by atoms with Gasteiger partial charge in [-0.25, -0.2) is 4.58 Å². The number of aliphatic imine (C=N–C) groups is 1. The average Bonchev–Trinajstić information content (AvgIpc) is 1.87. The molecule has 0 radical (unpaired) electrons. The number of allylic oxidation sites excluding steroid dienone is 1. The standard InChI is InChI=1S/C7H13N2/c1-5-6-9(4)7(2)8-3/h5-6H,1H2,2-4H3/q+1. The van der Waals surface area contributed by atoms with Gasteiger partial charge in [0.2, 0.25) is 0 Å². The van der Waals surface area contributed by atoms with Crippen molar-refractivity contribution in [3.05, 3.63) is 12.7 Å². The quantitative estimate of drug-likeness (QED) is 0.281. The Kier molecular flexibility index (Phi) is 3.60. The van der Waals surface area contributed by atoms with E-state index >= 15 is 0 Å². The molecule has 0 aliphatic heterocycles. The van der Waals surface area contributed by atoms with E-state index in [1.54, 1.807) is 13.1 Å². The zero-order valence-electron chi connectivity index (χ0n) is 6.26. The Morgan fingerprint density at radius 3 is 2.56 bits per heavy atom. The molecule has 0 spiro atoms. The fourth-order valence-corrected chi connectivity index (χ4v) is 0.424. The van der Waals surface area contributed by atoms with Crippen molar-refractivity contribution in [1.82, 2.24) is 0 Å². The van der Waals surface area contributed by atoms with Crippen LogP contribution in [-0.4, -0.2) is 30.7 Å². The lowest BCUT2D eigenvalue weighted by Crippen LogP contribution is -2.12. The van der Waals surface area contributed by atoms with Gasteiger partial charge in [0.25, 0.3) is 5.84 Å². The Morgan fingerprint density at radius 2 is 2.22 bits per heavy atom. The van der Waals surface area contributed by atoms with E-state index in [9.17, 15) is 0 Å². The molecular weight excluding hydrogens is 112 g/mol. The van der Waals surface area contributed by atoms with Crippen LogP contribution in [0.2, 0.25) is 0 Å². The normalized spacial score (nSPS) is 13.7. The lowest BCUT2D eigenvalue weighted by atomic mass is 10.6. The van der Waals surface area contributed by atoms with Crippen molar-refractivity contribution < 1.29 is 4.58 Å². The molecule has 0 N–H and O–H groups in total. The van der Waals surface area contributed by atoms with Crippen LogP contribution in [0.5, 0.6) is 0 Å². The monoisotopic (exact) mass is 125 g/mol. The Morgan fingerprint density at radius 1 is 1.67 bits per heavy atom. The van der Waals surface area contributed by atoms with Crippen LogP contribution >= 0.6 is 0 Å². The maximum absolute atomic E-state index is 3.97. The van der Waals surface area contributed by atoms with E-state index in [-0.39, 0.29) is 0 Å². The molecule has 0 heterocycles. The molecule has 0 aromatic carbocycles. The van der Waals surface area contributed by atoms with E-state index in [2.05, 4.69) is 11.6 Å². The molecule has 0 saturated heterocycles. The molecule has 0 fully saturated rings. The molecule has 0 aromatic rings. The van der Waals surface area contributed by atoms with Gasteiger partial charge in [-0.15, -0.1) is 0 Å². The zero-order valence-corrected chi connectivity index (χ0v) is 6.26. The third-order valence-corrected chi connectivity index (χ3v) is 1.16. The van der Waals surface area contributed by atoms with E-state index in [1.165, 1.54) is 0 Å². The minimum absolute atomic E-state index is 0.981. The van der Waals surface area contributed by atoms with Crippen LogP contribution < -0.4 is 0 Å². The topological polar surface area (TPSA) is 15.4 Å². The molecule has 0 unspecified atom stereocenters. The van der Waals surface area contributed by atoms with Gasteiger partial charge in [0.05, 0.1) is 13.3 Å². The van der Waals surface area contributed by atoms with Crippen molar-refractivity contribution in [1.29, 1.82) is 0 Å². The summed E-state index contributed by atoms with van der Waals surface area (Å²) in [5.41, 5.74) is 0. The van der Waals surface area contributed by atoms with Crippen molar-refractivity contribution in [3.63, 3.8) is 0 Å². The minimum Gasteiger partial charge on any atom is -0.238 e. The third-order valence-electron chi connectivity index (χ3n) is 1.16. The average molecular weight is 125 g/mol. The van der Waals surface area contributed by atoms with Gasteiger partial charge in [-0.05, 0) is 6.08 Å². The summed E-state index contributed by atoms with van der Waals surface area (Å²) in [4.78, 5) is 3.97. The molecular formula is C7H13N2+. The summed E-state index contributed by atoms with van der Waals surface area (Å²) in [5.74, 6) is 0.981. The van der Waals surface area contributed by atoms with Crippen LogP contribution in [0.1, 0.15) is 6.92 Å². The highest BCUT2D eigenvalue weighted by molar-refractivity contribution is 5.78. The maximum atomic E-state index is 3.97. The fraction of sp³-hybridized carbons (Fsp3) is 0.429. The van der Waals surface area contributed by atoms with Gasteiger partial charge in [-0.1, -0.05) is 11.6 Å². The SMILES string of the molecule is C=CC=[N+](C)C(C)=NC. The molecule has 2 heteroatoms. The smallest absolute Gasteiger partial charge is 0.238 e. The molecule has 0 saturated carbocycles. The second-order valence-electron chi connectivity index (χ2n) is 1.77. The number of hydrogen-bond acceptors (Lipinski definition) is 1. The zero-order chi connectivity index (χ0) is 7.28. The van der Waals surface area contributed by atoms with Crippen LogP contribution in [-0.2, 0) is 0 Å². The first-order valence-electron chi connectivity index (χ1n) is 2.84. The summed E-state index contributed by atoms with van der Waals surface area (Å²) in [6.45, 7) is 5.51. The molecule has 0 aliphatic rings. The predicted molar refractivity (Wildman–Crippen MR) is 41.5 cm³/mol. The summed E-state index contributed by atoms with van der Waals surface area (Å²) in [6, 6.07) is 0. The van der Waals surface area contributed by atoms with Crippen LogP contribution in [0, 0.1) is 0 Å². The van der Waals surface area contributed by atoms with Gasteiger partial charge in [0.1, 0.15) is 7.05 Å². The van der Waals surface area contributed by atoms with Crippen LogP contribution in [0.25, 0.3) is 0 Å². The predicted octanol–water partition coefficient (Wildman–Crippen LogP) is 0.934. The van der Waals surface area contributed by atoms with Gasteiger partial charge in [0.15, 0.2) is 0 Å². The molecule has 9 heavy (non-hydrogen) atoms. The second kappa shape index (κ2) is 4.01. The number of amidine groups is 1. The van der Waals surface area contributed by atoms with Gasteiger partial charge in [-0.3, -0.25) is 0 Å². The Bertz CT molecular complexity index is 154. The lowest BCUT2D eigenvalue weighted by Gasteiger charge is -1.89. The summed E-state index contributed by atoms with van der Waals surface area (Å²) in [6.07, 6.45) is 3.59. The molecule has 50 valence electrons. The van der Waals surface area contributed by atoms with E-state index < -0.39 is 0 Å². The Labute approximate surface area is 56.2 Å². The molecule has 0 bridgehead atoms. The van der Waals surface area contributed by atoms with Crippen LogP contribution in [0.4, 0.5) is 0 Å². The van der Waals surface area contributed by atoms with Crippen LogP contribution in [0.15, 0.2) is 17.6 Å². The summed E-state index contributed by atoms with van der Waals surface area (Å²) in [7, 11) is 3.70. The first-order valence-corrected chi connectivity index (χ1v) is 2.84. The highest BCUT2D eigenvalue weighted by atomic mass is 15.0. The Hall–Kier alpha value is -0.920. The van der Waals surface area contributed by atoms with E-state index in [4.69, 9.17) is 0 Å². The molecule has 0 aromatic heterocycles. The molecule has 0 aliphatic carbocycles. The first kappa shape index (κ1) is 8.08. The van der Waals surface area contributed by atoms with E-state index in [0.29, 0.717) is 0 Å².